The molecule has 6 heteroatoms. The normalized spacial score (nSPS) is 12.1. The van der Waals surface area contributed by atoms with E-state index in [9.17, 15) is 0 Å². The van der Waals surface area contributed by atoms with Crippen LogP contribution in [0.1, 0.15) is 11.1 Å². The molecular formula is C61H34BN5. The van der Waals surface area contributed by atoms with Gasteiger partial charge in [0.1, 0.15) is 0 Å². The Morgan fingerprint density at radius 2 is 0.776 bits per heavy atom. The van der Waals surface area contributed by atoms with Crippen molar-refractivity contribution >= 4 is 66.7 Å². The van der Waals surface area contributed by atoms with Crippen LogP contribution in [0.5, 0.6) is 0 Å². The molecule has 3 aromatic heterocycles. The zero-order valence-electron chi connectivity index (χ0n) is 35.9. The third-order valence-electron chi connectivity index (χ3n) is 13.9. The summed E-state index contributed by atoms with van der Waals surface area (Å²) >= 11 is 0. The molecule has 9 aromatic carbocycles. The van der Waals surface area contributed by atoms with Crippen molar-refractivity contribution < 1.29 is 0 Å². The zero-order valence-corrected chi connectivity index (χ0v) is 35.9. The summed E-state index contributed by atoms with van der Waals surface area (Å²) in [5.41, 5.74) is 19.8. The minimum absolute atomic E-state index is 0.0373. The average molecular weight is 848 g/mol. The highest BCUT2D eigenvalue weighted by Gasteiger charge is 2.41. The van der Waals surface area contributed by atoms with Gasteiger partial charge in [0.05, 0.1) is 11.0 Å². The Morgan fingerprint density at radius 1 is 0.358 bits per heavy atom. The highest BCUT2D eigenvalue weighted by molar-refractivity contribution is 7.00. The molecule has 67 heavy (non-hydrogen) atoms. The van der Waals surface area contributed by atoms with Gasteiger partial charge in [0.2, 0.25) is 0 Å². The highest BCUT2D eigenvalue weighted by atomic mass is 15.1. The Labute approximate surface area is 386 Å². The van der Waals surface area contributed by atoms with E-state index >= 15 is 0 Å². The van der Waals surface area contributed by atoms with Crippen LogP contribution in [0, 0.1) is 24.7 Å². The third-order valence-corrected chi connectivity index (χ3v) is 13.9. The lowest BCUT2D eigenvalue weighted by Gasteiger charge is -2.34. The summed E-state index contributed by atoms with van der Waals surface area (Å²) < 4.78 is 4.99. The average Bonchev–Trinajstić information content (AvgIpc) is 3.92. The molecule has 0 radical (unpaired) electrons. The van der Waals surface area contributed by atoms with E-state index in [0.29, 0.717) is 17.5 Å². The van der Waals surface area contributed by atoms with Crippen LogP contribution in [0.4, 0.5) is 0 Å². The second kappa shape index (κ2) is 14.1. The predicted molar refractivity (Wildman–Crippen MR) is 276 cm³/mol. The first kappa shape index (κ1) is 37.2. The van der Waals surface area contributed by atoms with Crippen LogP contribution < -0.4 is 16.4 Å². The summed E-state index contributed by atoms with van der Waals surface area (Å²) in [5.74, 6) is 7.38. The Morgan fingerprint density at radius 3 is 1.21 bits per heavy atom. The minimum atomic E-state index is -0.0373. The molecule has 0 saturated carbocycles. The van der Waals surface area contributed by atoms with Crippen molar-refractivity contribution in [3.63, 3.8) is 0 Å². The van der Waals surface area contributed by atoms with Crippen LogP contribution in [-0.4, -0.2) is 30.8 Å². The Bertz CT molecular complexity index is 3890. The highest BCUT2D eigenvalue weighted by Crippen LogP contribution is 2.42. The predicted octanol–water partition coefficient (Wildman–Crippen LogP) is 11.5. The molecule has 0 aliphatic carbocycles. The molecule has 12 aromatic rings. The molecular weight excluding hydrogens is 814 g/mol. The van der Waals surface area contributed by atoms with Gasteiger partial charge in [0, 0.05) is 71.8 Å². The van der Waals surface area contributed by atoms with E-state index in [0.717, 1.165) is 72.5 Å². The molecule has 0 amide bonds. The first-order valence-electron chi connectivity index (χ1n) is 22.5. The van der Waals surface area contributed by atoms with E-state index in [1.165, 1.54) is 49.0 Å². The third kappa shape index (κ3) is 5.45. The number of hydrogen-bond donors (Lipinski definition) is 0. The van der Waals surface area contributed by atoms with Crippen molar-refractivity contribution in [3.05, 3.63) is 205 Å². The van der Waals surface area contributed by atoms with E-state index in [1.54, 1.807) is 0 Å². The largest absolute Gasteiger partial charge is 0.310 e. The number of para-hydroxylation sites is 2. The fraction of sp³-hybridized carbons (Fsp3) is 0. The van der Waals surface area contributed by atoms with Crippen molar-refractivity contribution in [2.45, 2.75) is 0 Å². The molecule has 0 N–H and O–H groups in total. The van der Waals surface area contributed by atoms with Gasteiger partial charge in [-0.3, -0.25) is 0 Å². The number of hydrogen-bond acceptors (Lipinski definition) is 3. The molecule has 2 aliphatic rings. The first-order valence-corrected chi connectivity index (χ1v) is 22.5. The van der Waals surface area contributed by atoms with E-state index in [4.69, 9.17) is 27.8 Å². The van der Waals surface area contributed by atoms with Crippen LogP contribution in [0.2, 0.25) is 0 Å². The van der Waals surface area contributed by atoms with Crippen LogP contribution in [-0.2, 0) is 0 Å². The molecule has 5 heterocycles. The number of aromatic nitrogens is 5. The van der Waals surface area contributed by atoms with Gasteiger partial charge in [-0.25, -0.2) is 15.0 Å². The zero-order chi connectivity index (χ0) is 44.3. The summed E-state index contributed by atoms with van der Waals surface area (Å²) in [7, 11) is 0. The number of rotatable bonds is 5. The lowest BCUT2D eigenvalue weighted by atomic mass is 9.34. The van der Waals surface area contributed by atoms with Crippen LogP contribution in [0.25, 0.3) is 111 Å². The van der Waals surface area contributed by atoms with Crippen molar-refractivity contribution in [2.75, 3.05) is 0 Å². The maximum Gasteiger partial charge on any atom is 0.252 e. The number of terminal acetylenes is 2. The SMILES string of the molecule is C#Cc1ccc(-c2ccc3c(c2)c2cccc4c2n3-c2cc(-c3nc(-c5ccccc5)nc(-c5ccccc5)n3)cc3c2B4c2cccc4c5cc(-c6ccc(C#C)cc6)ccc5n-3c24)cc1. The summed E-state index contributed by atoms with van der Waals surface area (Å²) in [5, 5.41) is 4.81. The van der Waals surface area contributed by atoms with E-state index in [-0.39, 0.29) is 6.71 Å². The van der Waals surface area contributed by atoms with Gasteiger partial charge < -0.3 is 9.13 Å². The van der Waals surface area contributed by atoms with Gasteiger partial charge in [-0.05, 0) is 99.3 Å². The van der Waals surface area contributed by atoms with Gasteiger partial charge in [0.25, 0.3) is 6.71 Å². The van der Waals surface area contributed by atoms with Crippen molar-refractivity contribution in [2.24, 2.45) is 0 Å². The van der Waals surface area contributed by atoms with Gasteiger partial charge >= 0.3 is 0 Å². The Kier molecular flexibility index (Phi) is 7.84. The van der Waals surface area contributed by atoms with Gasteiger partial charge in [0.15, 0.2) is 17.5 Å². The molecule has 0 fully saturated rings. The maximum absolute atomic E-state index is 5.74. The second-order valence-corrected chi connectivity index (χ2v) is 17.5. The summed E-state index contributed by atoms with van der Waals surface area (Å²) in [6.45, 7) is -0.0373. The van der Waals surface area contributed by atoms with E-state index in [1.807, 2.05) is 60.7 Å². The number of benzene rings is 9. The Hall–Kier alpha value is -9.23. The van der Waals surface area contributed by atoms with Crippen molar-refractivity contribution in [1.82, 2.24) is 24.1 Å². The molecule has 0 unspecified atom stereocenters. The van der Waals surface area contributed by atoms with Crippen LogP contribution in [0.3, 0.4) is 0 Å². The van der Waals surface area contributed by atoms with Crippen molar-refractivity contribution in [3.8, 4) is 92.5 Å². The second-order valence-electron chi connectivity index (χ2n) is 17.5. The lowest BCUT2D eigenvalue weighted by molar-refractivity contribution is 1.07. The molecule has 5 nitrogen and oxygen atoms in total. The van der Waals surface area contributed by atoms with Gasteiger partial charge in [-0.15, -0.1) is 12.8 Å². The molecule has 0 atom stereocenters. The quantitative estimate of drug-likeness (QED) is 0.128. The number of fused-ring (bicyclic) bond motifs is 10. The fourth-order valence-electron chi connectivity index (χ4n) is 10.9. The van der Waals surface area contributed by atoms with Crippen LogP contribution in [0.15, 0.2) is 194 Å². The molecule has 0 bridgehead atoms. The summed E-state index contributed by atoms with van der Waals surface area (Å²) in [6.07, 6.45) is 11.5. The smallest absolute Gasteiger partial charge is 0.252 e. The molecule has 0 saturated heterocycles. The summed E-state index contributed by atoms with van der Waals surface area (Å²) in [6, 6.07) is 68.9. The summed E-state index contributed by atoms with van der Waals surface area (Å²) in [4.78, 5) is 15.7. The van der Waals surface area contributed by atoms with E-state index < -0.39 is 0 Å². The molecule has 2 aliphatic heterocycles. The van der Waals surface area contributed by atoms with Crippen LogP contribution >= 0.6 is 0 Å². The molecule has 14 rings (SSSR count). The first-order chi connectivity index (χ1) is 33.1. The fourth-order valence-corrected chi connectivity index (χ4v) is 10.9. The maximum atomic E-state index is 5.74. The Balaban J connectivity index is 1.09. The lowest BCUT2D eigenvalue weighted by Crippen LogP contribution is -2.59. The van der Waals surface area contributed by atoms with Crippen molar-refractivity contribution in [1.29, 1.82) is 0 Å². The molecule has 0 spiro atoms. The minimum Gasteiger partial charge on any atom is -0.310 e. The van der Waals surface area contributed by atoms with Gasteiger partial charge in [-0.1, -0.05) is 145 Å². The standard InChI is InChI=1S/C61H34BN5/c1-3-37-21-25-39(26-22-37)43-29-31-52-48(33-43)46-17-11-19-50-57(46)66(52)54-35-45(61-64-59(41-13-7-5-8-14-41)63-60(65-61)42-15-9-6-10-16-42)36-55-56(54)62(50)51-20-12-18-47-49-34-44(30-32-53(49)67(55)58(47)51)40-27-23-38(4-2)24-28-40/h1-2,5-36H. The monoisotopic (exact) mass is 847 g/mol. The topological polar surface area (TPSA) is 48.5 Å². The van der Waals surface area contributed by atoms with Gasteiger partial charge in [-0.2, -0.15) is 0 Å². The molecule has 306 valence electrons. The van der Waals surface area contributed by atoms with E-state index in [2.05, 4.69) is 154 Å². The number of nitrogens with zero attached hydrogens (tertiary/aromatic N) is 5.